The van der Waals surface area contributed by atoms with E-state index >= 15 is 0 Å². The molecule has 1 heterocycles. The second-order valence-electron chi connectivity index (χ2n) is 5.31. The monoisotopic (exact) mass is 407 g/mol. The van der Waals surface area contributed by atoms with Gasteiger partial charge in [0.25, 0.3) is 0 Å². The fourth-order valence-corrected chi connectivity index (χ4v) is 2.89. The molecule has 0 atom stereocenters. The highest BCUT2D eigenvalue weighted by atomic mass is 35.5. The highest BCUT2D eigenvalue weighted by molar-refractivity contribution is 7.80. The Bertz CT molecular complexity index is 931. The fourth-order valence-electron chi connectivity index (χ4n) is 2.22. The number of halogens is 2. The van der Waals surface area contributed by atoms with E-state index in [4.69, 9.17) is 40.2 Å². The lowest BCUT2D eigenvalue weighted by Gasteiger charge is -2.09. The van der Waals surface area contributed by atoms with Gasteiger partial charge in [-0.1, -0.05) is 35.3 Å². The summed E-state index contributed by atoms with van der Waals surface area (Å²) in [7, 11) is 1.61. The number of methoxy groups -OCH3 is 1. The summed E-state index contributed by atoms with van der Waals surface area (Å²) < 4.78 is 6.84. The summed E-state index contributed by atoms with van der Waals surface area (Å²) in [5.41, 5.74) is 1.69. The Kier molecular flexibility index (Phi) is 5.92. The molecule has 0 aliphatic carbocycles. The first kappa shape index (κ1) is 18.4. The van der Waals surface area contributed by atoms with Crippen molar-refractivity contribution in [2.24, 2.45) is 0 Å². The maximum absolute atomic E-state index is 6.18. The van der Waals surface area contributed by atoms with Crippen molar-refractivity contribution in [3.8, 4) is 5.75 Å². The number of nitrogens with zero attached hydrogens (tertiary/aromatic N) is 3. The third kappa shape index (κ3) is 4.85. The molecule has 0 saturated carbocycles. The van der Waals surface area contributed by atoms with Crippen molar-refractivity contribution in [3.05, 3.63) is 64.4 Å². The van der Waals surface area contributed by atoms with Crippen molar-refractivity contribution in [1.29, 1.82) is 0 Å². The van der Waals surface area contributed by atoms with Gasteiger partial charge in [-0.05, 0) is 42.0 Å². The molecule has 3 aromatic rings. The first-order chi connectivity index (χ1) is 12.5. The fraction of sp³-hybridized carbons (Fsp3) is 0.118. The number of anilines is 2. The minimum Gasteiger partial charge on any atom is -0.497 e. The lowest BCUT2D eigenvalue weighted by Crippen LogP contribution is -2.20. The first-order valence-electron chi connectivity index (χ1n) is 7.59. The van der Waals surface area contributed by atoms with Crippen LogP contribution in [0.25, 0.3) is 0 Å². The summed E-state index contributed by atoms with van der Waals surface area (Å²) >= 11 is 17.4. The van der Waals surface area contributed by atoms with Crippen molar-refractivity contribution >= 4 is 52.2 Å². The van der Waals surface area contributed by atoms with E-state index in [0.29, 0.717) is 27.7 Å². The second-order valence-corrected chi connectivity index (χ2v) is 6.56. The van der Waals surface area contributed by atoms with Crippen molar-refractivity contribution in [2.45, 2.75) is 6.54 Å². The molecule has 2 N–H and O–H groups in total. The zero-order chi connectivity index (χ0) is 18.5. The normalized spacial score (nSPS) is 10.4. The lowest BCUT2D eigenvalue weighted by molar-refractivity contribution is 0.415. The van der Waals surface area contributed by atoms with Crippen LogP contribution in [0.15, 0.2) is 48.8 Å². The highest BCUT2D eigenvalue weighted by Crippen LogP contribution is 2.21. The van der Waals surface area contributed by atoms with Crippen molar-refractivity contribution < 1.29 is 4.74 Å². The van der Waals surface area contributed by atoms with Crippen LogP contribution in [0.5, 0.6) is 5.75 Å². The SMILES string of the molecule is COc1cccc(NC(=S)Nc2ncn(Cc3ccc(Cl)cc3Cl)n2)c1. The summed E-state index contributed by atoms with van der Waals surface area (Å²) in [6, 6.07) is 12.8. The second kappa shape index (κ2) is 8.35. The average molecular weight is 408 g/mol. The molecule has 1 aromatic heterocycles. The van der Waals surface area contributed by atoms with Gasteiger partial charge >= 0.3 is 0 Å². The number of hydrogen-bond acceptors (Lipinski definition) is 4. The predicted octanol–water partition coefficient (Wildman–Crippen LogP) is 4.45. The molecule has 0 aliphatic rings. The molecule has 0 fully saturated rings. The van der Waals surface area contributed by atoms with Crippen LogP contribution < -0.4 is 15.4 Å². The zero-order valence-electron chi connectivity index (χ0n) is 13.7. The molecule has 0 saturated heterocycles. The number of aromatic nitrogens is 3. The van der Waals surface area contributed by atoms with Crippen LogP contribution in [-0.2, 0) is 6.54 Å². The van der Waals surface area contributed by atoms with E-state index in [9.17, 15) is 0 Å². The number of benzene rings is 2. The van der Waals surface area contributed by atoms with Gasteiger partial charge in [0.15, 0.2) is 5.11 Å². The Hall–Kier alpha value is -2.35. The Labute approximate surface area is 166 Å². The van der Waals surface area contributed by atoms with E-state index in [1.165, 1.54) is 0 Å². The molecule has 0 unspecified atom stereocenters. The van der Waals surface area contributed by atoms with Crippen LogP contribution in [0.2, 0.25) is 10.0 Å². The van der Waals surface area contributed by atoms with E-state index in [1.54, 1.807) is 30.3 Å². The van der Waals surface area contributed by atoms with Crippen LogP contribution in [0.3, 0.4) is 0 Å². The van der Waals surface area contributed by atoms with E-state index in [1.807, 2.05) is 30.3 Å². The van der Waals surface area contributed by atoms with Crippen LogP contribution in [0.4, 0.5) is 11.6 Å². The standard InChI is InChI=1S/C17H15Cl2N5OS/c1-25-14-4-2-3-13(8-14)21-17(26)22-16-20-10-24(23-16)9-11-5-6-12(18)7-15(11)19/h2-8,10H,9H2,1H3,(H2,21,22,23,26). The van der Waals surface area contributed by atoms with Crippen LogP contribution in [0, 0.1) is 0 Å². The predicted molar refractivity (Wildman–Crippen MR) is 108 cm³/mol. The number of rotatable bonds is 5. The molecule has 2 aromatic carbocycles. The summed E-state index contributed by atoms with van der Waals surface area (Å²) in [6.07, 6.45) is 1.60. The minimum absolute atomic E-state index is 0.375. The van der Waals surface area contributed by atoms with Gasteiger partial charge in [-0.15, -0.1) is 5.10 Å². The topological polar surface area (TPSA) is 64.0 Å². The van der Waals surface area contributed by atoms with Gasteiger partial charge < -0.3 is 10.1 Å². The van der Waals surface area contributed by atoms with Crippen LogP contribution in [-0.4, -0.2) is 27.0 Å². The number of thiocarbonyl (C=S) groups is 1. The maximum Gasteiger partial charge on any atom is 0.248 e. The number of hydrogen-bond donors (Lipinski definition) is 2. The third-order valence-electron chi connectivity index (χ3n) is 3.44. The molecule has 0 amide bonds. The zero-order valence-corrected chi connectivity index (χ0v) is 16.1. The first-order valence-corrected chi connectivity index (χ1v) is 8.75. The van der Waals surface area contributed by atoms with Gasteiger partial charge in [0, 0.05) is 21.8 Å². The van der Waals surface area contributed by atoms with Gasteiger partial charge in [-0.25, -0.2) is 9.67 Å². The van der Waals surface area contributed by atoms with Crippen molar-refractivity contribution in [3.63, 3.8) is 0 Å². The van der Waals surface area contributed by atoms with Gasteiger partial charge in [-0.3, -0.25) is 5.32 Å². The largest absolute Gasteiger partial charge is 0.497 e. The quantitative estimate of drug-likeness (QED) is 0.609. The average Bonchev–Trinajstić information content (AvgIpc) is 3.04. The molecule has 0 bridgehead atoms. The Morgan fingerprint density at radius 2 is 2.04 bits per heavy atom. The molecular weight excluding hydrogens is 393 g/mol. The van der Waals surface area contributed by atoms with Gasteiger partial charge in [0.2, 0.25) is 5.95 Å². The molecule has 6 nitrogen and oxygen atoms in total. The van der Waals surface area contributed by atoms with Crippen LogP contribution in [0.1, 0.15) is 5.56 Å². The Balaban J connectivity index is 1.61. The molecule has 26 heavy (non-hydrogen) atoms. The molecular formula is C17H15Cl2N5OS. The molecule has 0 radical (unpaired) electrons. The Morgan fingerprint density at radius 1 is 1.19 bits per heavy atom. The molecule has 3 rings (SSSR count). The number of nitrogens with one attached hydrogen (secondary N) is 2. The smallest absolute Gasteiger partial charge is 0.248 e. The van der Waals surface area contributed by atoms with Crippen molar-refractivity contribution in [2.75, 3.05) is 17.7 Å². The van der Waals surface area contributed by atoms with E-state index in [0.717, 1.165) is 17.0 Å². The summed E-state index contributed by atoms with van der Waals surface area (Å²) in [5, 5.41) is 11.9. The van der Waals surface area contributed by atoms with Gasteiger partial charge in [-0.2, -0.15) is 0 Å². The molecule has 9 heteroatoms. The molecule has 0 aliphatic heterocycles. The van der Waals surface area contributed by atoms with Gasteiger partial charge in [0.05, 0.1) is 13.7 Å². The van der Waals surface area contributed by atoms with Gasteiger partial charge in [0.1, 0.15) is 12.1 Å². The number of ether oxygens (including phenoxy) is 1. The van der Waals surface area contributed by atoms with Crippen LogP contribution >= 0.6 is 35.4 Å². The summed E-state index contributed by atoms with van der Waals surface area (Å²) in [6.45, 7) is 0.473. The minimum atomic E-state index is 0.375. The summed E-state index contributed by atoms with van der Waals surface area (Å²) in [5.74, 6) is 1.12. The molecule has 134 valence electrons. The van der Waals surface area contributed by atoms with E-state index < -0.39 is 0 Å². The maximum atomic E-state index is 6.18. The molecule has 0 spiro atoms. The van der Waals surface area contributed by atoms with E-state index in [2.05, 4.69) is 20.7 Å². The summed E-state index contributed by atoms with van der Waals surface area (Å²) in [4.78, 5) is 4.19. The highest BCUT2D eigenvalue weighted by Gasteiger charge is 2.07. The lowest BCUT2D eigenvalue weighted by atomic mass is 10.2. The van der Waals surface area contributed by atoms with E-state index in [-0.39, 0.29) is 0 Å². The van der Waals surface area contributed by atoms with Crippen molar-refractivity contribution in [1.82, 2.24) is 14.8 Å². The third-order valence-corrected chi connectivity index (χ3v) is 4.23. The Morgan fingerprint density at radius 3 is 2.81 bits per heavy atom.